The van der Waals surface area contributed by atoms with Crippen LogP contribution < -0.4 is 5.69 Å². The van der Waals surface area contributed by atoms with E-state index in [0.717, 1.165) is 24.1 Å². The van der Waals surface area contributed by atoms with Gasteiger partial charge in [-0.25, -0.2) is 9.59 Å². The minimum Gasteiger partial charge on any atom is -0.296 e. The molecule has 0 spiro atoms. The molecular weight excluding hydrogens is 266 g/mol. The lowest BCUT2D eigenvalue weighted by Gasteiger charge is -2.14. The molecular formula is C16H17N3O2. The first-order valence-corrected chi connectivity index (χ1v) is 7.07. The van der Waals surface area contributed by atoms with E-state index in [4.69, 9.17) is 0 Å². The minimum absolute atomic E-state index is 0.0802. The van der Waals surface area contributed by atoms with E-state index in [2.05, 4.69) is 4.99 Å². The topological polar surface area (TPSA) is 56.4 Å². The lowest BCUT2D eigenvalue weighted by molar-refractivity contribution is 0.555. The summed E-state index contributed by atoms with van der Waals surface area (Å²) >= 11 is 0. The maximum Gasteiger partial charge on any atom is 0.332 e. The van der Waals surface area contributed by atoms with Crippen LogP contribution in [0.3, 0.4) is 0 Å². The van der Waals surface area contributed by atoms with E-state index in [9.17, 15) is 9.59 Å². The number of para-hydroxylation sites is 1. The summed E-state index contributed by atoms with van der Waals surface area (Å²) in [6.45, 7) is 3.94. The van der Waals surface area contributed by atoms with E-state index in [1.165, 1.54) is 0 Å². The van der Waals surface area contributed by atoms with Crippen molar-refractivity contribution in [2.45, 2.75) is 38.3 Å². The van der Waals surface area contributed by atoms with E-state index in [0.29, 0.717) is 0 Å². The Morgan fingerprint density at radius 3 is 2.52 bits per heavy atom. The molecule has 0 atom stereocenters. The number of isocyanates is 1. The maximum atomic E-state index is 12.5. The van der Waals surface area contributed by atoms with Gasteiger partial charge in [0.05, 0.1) is 5.69 Å². The van der Waals surface area contributed by atoms with Crippen LogP contribution in [0.1, 0.15) is 38.3 Å². The molecule has 1 aromatic heterocycles. The van der Waals surface area contributed by atoms with Crippen LogP contribution in [-0.4, -0.2) is 15.2 Å². The Kier molecular flexibility index (Phi) is 3.15. The second-order valence-corrected chi connectivity index (χ2v) is 5.70. The van der Waals surface area contributed by atoms with Crippen molar-refractivity contribution in [1.82, 2.24) is 9.13 Å². The second-order valence-electron chi connectivity index (χ2n) is 5.70. The molecule has 1 fully saturated rings. The molecule has 2 aromatic rings. The maximum absolute atomic E-state index is 12.5. The molecule has 0 bridgehead atoms. The summed E-state index contributed by atoms with van der Waals surface area (Å²) in [5, 5.41) is 0. The summed E-state index contributed by atoms with van der Waals surface area (Å²) in [7, 11) is 0. The Bertz CT molecular complexity index is 775. The van der Waals surface area contributed by atoms with E-state index in [-0.39, 0.29) is 11.7 Å². The minimum atomic E-state index is -0.488. The van der Waals surface area contributed by atoms with E-state index in [1.54, 1.807) is 27.6 Å². The Morgan fingerprint density at radius 2 is 1.95 bits per heavy atom. The highest BCUT2D eigenvalue weighted by atomic mass is 16.1. The summed E-state index contributed by atoms with van der Waals surface area (Å²) in [5.74, 6) is 0. The lowest BCUT2D eigenvalue weighted by atomic mass is 10.0. The third-order valence-corrected chi connectivity index (χ3v) is 4.01. The normalized spacial score (nSPS) is 15.8. The van der Waals surface area contributed by atoms with Gasteiger partial charge in [-0.05, 0) is 32.8 Å². The van der Waals surface area contributed by atoms with Gasteiger partial charge in [-0.3, -0.25) is 9.13 Å². The molecule has 5 nitrogen and oxygen atoms in total. The Balaban J connectivity index is 2.17. The zero-order chi connectivity index (χ0) is 15.0. The largest absolute Gasteiger partial charge is 0.332 e. The number of hydrogen-bond donors (Lipinski definition) is 0. The van der Waals surface area contributed by atoms with Crippen LogP contribution in [0, 0.1) is 0 Å². The number of carbonyl (C=O) groups excluding carboxylic acids is 1. The van der Waals surface area contributed by atoms with Crippen LogP contribution in [0.25, 0.3) is 5.69 Å². The lowest BCUT2D eigenvalue weighted by Crippen LogP contribution is -2.25. The van der Waals surface area contributed by atoms with Gasteiger partial charge in [0.15, 0.2) is 0 Å². The molecule has 1 aliphatic rings. The number of hydrogen-bond acceptors (Lipinski definition) is 3. The molecule has 0 amide bonds. The van der Waals surface area contributed by atoms with Crippen LogP contribution in [0.15, 0.2) is 46.4 Å². The zero-order valence-electron chi connectivity index (χ0n) is 12.1. The quantitative estimate of drug-likeness (QED) is 0.639. The number of imidazole rings is 1. The average molecular weight is 283 g/mol. The van der Waals surface area contributed by atoms with Gasteiger partial charge in [0.2, 0.25) is 6.08 Å². The third kappa shape index (κ3) is 2.16. The first-order valence-electron chi connectivity index (χ1n) is 7.07. The summed E-state index contributed by atoms with van der Waals surface area (Å²) in [6, 6.07) is 7.72. The first-order chi connectivity index (χ1) is 10.1. The molecule has 1 aromatic carbocycles. The fourth-order valence-electron chi connectivity index (χ4n) is 2.69. The fourth-order valence-corrected chi connectivity index (χ4v) is 2.69. The van der Waals surface area contributed by atoms with E-state index >= 15 is 0 Å². The summed E-state index contributed by atoms with van der Waals surface area (Å²) in [6.07, 6.45) is 6.85. The Morgan fingerprint density at radius 1 is 1.24 bits per heavy atom. The van der Waals surface area contributed by atoms with Gasteiger partial charge in [0, 0.05) is 24.0 Å². The Hall–Kier alpha value is -2.39. The predicted octanol–water partition coefficient (Wildman–Crippen LogP) is 2.54. The second kappa shape index (κ2) is 4.86. The van der Waals surface area contributed by atoms with Crippen LogP contribution in [0.4, 0.5) is 0 Å². The van der Waals surface area contributed by atoms with Crippen LogP contribution >= 0.6 is 0 Å². The van der Waals surface area contributed by atoms with Gasteiger partial charge in [0.1, 0.15) is 5.54 Å². The Labute approximate surface area is 122 Å². The van der Waals surface area contributed by atoms with Crippen molar-refractivity contribution in [3.63, 3.8) is 0 Å². The smallest absolute Gasteiger partial charge is 0.296 e. The average Bonchev–Trinajstić information content (AvgIpc) is 3.14. The fraction of sp³-hybridized carbons (Fsp3) is 0.375. The number of nitrogens with zero attached hydrogens (tertiary/aromatic N) is 3. The van der Waals surface area contributed by atoms with Gasteiger partial charge < -0.3 is 0 Å². The molecule has 5 heteroatoms. The van der Waals surface area contributed by atoms with Gasteiger partial charge in [-0.2, -0.15) is 4.99 Å². The molecule has 1 saturated carbocycles. The number of benzene rings is 1. The van der Waals surface area contributed by atoms with Gasteiger partial charge in [-0.15, -0.1) is 0 Å². The molecule has 108 valence electrons. The number of rotatable bonds is 4. The monoisotopic (exact) mass is 283 g/mol. The highest BCUT2D eigenvalue weighted by molar-refractivity contribution is 5.51. The summed E-state index contributed by atoms with van der Waals surface area (Å²) in [5.41, 5.74) is 1.14. The van der Waals surface area contributed by atoms with Crippen molar-refractivity contribution < 1.29 is 4.79 Å². The van der Waals surface area contributed by atoms with Crippen molar-refractivity contribution in [2.75, 3.05) is 0 Å². The molecule has 0 aliphatic heterocycles. The third-order valence-electron chi connectivity index (χ3n) is 4.01. The number of aromatic nitrogens is 2. The van der Waals surface area contributed by atoms with Crippen molar-refractivity contribution >= 4 is 6.08 Å². The SMILES string of the molecule is CC(C)n1ccn(-c2ccccc2C2(N=C=O)CC2)c1=O. The van der Waals surface area contributed by atoms with E-state index in [1.807, 2.05) is 38.1 Å². The highest BCUT2D eigenvalue weighted by Crippen LogP contribution is 2.50. The van der Waals surface area contributed by atoms with E-state index < -0.39 is 5.54 Å². The van der Waals surface area contributed by atoms with Crippen molar-refractivity contribution in [2.24, 2.45) is 4.99 Å². The molecule has 1 heterocycles. The molecule has 1 aliphatic carbocycles. The molecule has 0 saturated heterocycles. The van der Waals surface area contributed by atoms with Crippen LogP contribution in [0.2, 0.25) is 0 Å². The number of aliphatic imine (C=N–C) groups is 1. The molecule has 0 radical (unpaired) electrons. The molecule has 3 rings (SSSR count). The molecule has 0 N–H and O–H groups in total. The van der Waals surface area contributed by atoms with Crippen LogP contribution in [0.5, 0.6) is 0 Å². The van der Waals surface area contributed by atoms with Crippen molar-refractivity contribution in [1.29, 1.82) is 0 Å². The standard InChI is InChI=1S/C16H17N3O2/c1-12(2)18-9-10-19(15(18)21)14-6-4-3-5-13(14)16(7-8-16)17-11-20/h3-6,9-10,12H,7-8H2,1-2H3. The van der Waals surface area contributed by atoms with Crippen molar-refractivity contribution in [3.05, 3.63) is 52.7 Å². The highest BCUT2D eigenvalue weighted by Gasteiger charge is 2.46. The molecule has 21 heavy (non-hydrogen) atoms. The predicted molar refractivity (Wildman–Crippen MR) is 79.4 cm³/mol. The first kappa shape index (κ1) is 13.6. The molecule has 0 unspecified atom stereocenters. The summed E-state index contributed by atoms with van der Waals surface area (Å²) in [4.78, 5) is 27.1. The summed E-state index contributed by atoms with van der Waals surface area (Å²) < 4.78 is 3.30. The van der Waals surface area contributed by atoms with Gasteiger partial charge >= 0.3 is 5.69 Å². The van der Waals surface area contributed by atoms with Crippen LogP contribution in [-0.2, 0) is 10.3 Å². The zero-order valence-corrected chi connectivity index (χ0v) is 12.1. The van der Waals surface area contributed by atoms with Gasteiger partial charge in [-0.1, -0.05) is 18.2 Å². The van der Waals surface area contributed by atoms with Crippen molar-refractivity contribution in [3.8, 4) is 5.69 Å². The van der Waals surface area contributed by atoms with Gasteiger partial charge in [0.25, 0.3) is 0 Å².